The molecule has 0 amide bonds. The Morgan fingerprint density at radius 3 is 2.55 bits per heavy atom. The fourth-order valence-corrected chi connectivity index (χ4v) is 3.13. The van der Waals surface area contributed by atoms with Gasteiger partial charge in [-0.25, -0.2) is 0 Å². The van der Waals surface area contributed by atoms with Gasteiger partial charge in [-0.05, 0) is 37.8 Å². The topological polar surface area (TPSA) is 54.7 Å². The van der Waals surface area contributed by atoms with E-state index in [4.69, 9.17) is 4.74 Å². The molecule has 1 heterocycles. The average molecular weight is 513 g/mol. The minimum Gasteiger partial charge on any atom is -0.494 e. The standard InChI is InChI=1S/C22H35N5O.HI/c1-17(2)21-19(16-27(6)25-21)15-26(5)22(23-4)24-13-7-8-14-28-20-11-9-18(3)10-12-20;/h9-12,16-17H,7-8,13-15H2,1-6H3,(H,23,24);1H. The highest BCUT2D eigenvalue weighted by atomic mass is 127. The highest BCUT2D eigenvalue weighted by molar-refractivity contribution is 14.0. The maximum atomic E-state index is 5.78. The Morgan fingerprint density at radius 2 is 1.93 bits per heavy atom. The molecule has 6 nitrogen and oxygen atoms in total. The van der Waals surface area contributed by atoms with E-state index in [1.54, 1.807) is 0 Å². The summed E-state index contributed by atoms with van der Waals surface area (Å²) in [5.41, 5.74) is 3.64. The molecular formula is C22H36IN5O. The summed E-state index contributed by atoms with van der Waals surface area (Å²) in [6.07, 6.45) is 4.13. The third-order valence-electron chi connectivity index (χ3n) is 4.61. The average Bonchev–Trinajstić information content (AvgIpc) is 3.03. The van der Waals surface area contributed by atoms with Crippen LogP contribution in [0.2, 0.25) is 0 Å². The Kier molecular flexibility index (Phi) is 11.1. The summed E-state index contributed by atoms with van der Waals surface area (Å²) in [6, 6.07) is 8.19. The van der Waals surface area contributed by atoms with E-state index in [9.17, 15) is 0 Å². The molecule has 0 bridgehead atoms. The summed E-state index contributed by atoms with van der Waals surface area (Å²) in [5, 5.41) is 8.03. The number of aliphatic imine (C=N–C) groups is 1. The van der Waals surface area contributed by atoms with Crippen molar-refractivity contribution in [3.05, 3.63) is 47.3 Å². The summed E-state index contributed by atoms with van der Waals surface area (Å²) in [7, 11) is 5.86. The van der Waals surface area contributed by atoms with E-state index in [-0.39, 0.29) is 24.0 Å². The third-order valence-corrected chi connectivity index (χ3v) is 4.61. The Morgan fingerprint density at radius 1 is 1.24 bits per heavy atom. The Hall–Kier alpha value is -1.77. The van der Waals surface area contributed by atoms with Crippen molar-refractivity contribution in [3.8, 4) is 5.75 Å². The van der Waals surface area contributed by atoms with E-state index in [0.29, 0.717) is 5.92 Å². The first-order chi connectivity index (χ1) is 13.4. The molecule has 0 aliphatic rings. The van der Waals surface area contributed by atoms with Crippen LogP contribution in [0.4, 0.5) is 0 Å². The Labute approximate surface area is 192 Å². The molecule has 2 rings (SSSR count). The molecule has 1 aromatic heterocycles. The van der Waals surface area contributed by atoms with E-state index >= 15 is 0 Å². The predicted molar refractivity (Wildman–Crippen MR) is 131 cm³/mol. The molecule has 0 atom stereocenters. The first-order valence-electron chi connectivity index (χ1n) is 10.0. The largest absolute Gasteiger partial charge is 0.494 e. The first kappa shape index (κ1) is 25.3. The number of halogens is 1. The molecule has 0 saturated heterocycles. The van der Waals surface area contributed by atoms with Gasteiger partial charge in [0.2, 0.25) is 0 Å². The second-order valence-electron chi connectivity index (χ2n) is 7.57. The van der Waals surface area contributed by atoms with Crippen LogP contribution in [0.1, 0.15) is 49.4 Å². The summed E-state index contributed by atoms with van der Waals surface area (Å²) in [6.45, 7) is 8.83. The smallest absolute Gasteiger partial charge is 0.193 e. The number of unbranched alkanes of at least 4 members (excludes halogenated alkanes) is 1. The van der Waals surface area contributed by atoms with Crippen molar-refractivity contribution >= 4 is 29.9 Å². The molecule has 162 valence electrons. The molecular weight excluding hydrogens is 477 g/mol. The van der Waals surface area contributed by atoms with Crippen LogP contribution in [0.15, 0.2) is 35.5 Å². The second-order valence-corrected chi connectivity index (χ2v) is 7.57. The van der Waals surface area contributed by atoms with Crippen molar-refractivity contribution in [2.75, 3.05) is 27.2 Å². The first-order valence-corrected chi connectivity index (χ1v) is 10.0. The van der Waals surface area contributed by atoms with Crippen LogP contribution < -0.4 is 10.1 Å². The van der Waals surface area contributed by atoms with Crippen molar-refractivity contribution in [2.24, 2.45) is 12.0 Å². The highest BCUT2D eigenvalue weighted by Gasteiger charge is 2.14. The van der Waals surface area contributed by atoms with Gasteiger partial charge < -0.3 is 15.0 Å². The van der Waals surface area contributed by atoms with Crippen LogP contribution in [0, 0.1) is 6.92 Å². The van der Waals surface area contributed by atoms with Crippen molar-refractivity contribution in [2.45, 2.75) is 46.1 Å². The zero-order valence-corrected chi connectivity index (χ0v) is 20.9. The highest BCUT2D eigenvalue weighted by Crippen LogP contribution is 2.18. The van der Waals surface area contributed by atoms with Gasteiger partial charge >= 0.3 is 0 Å². The van der Waals surface area contributed by atoms with Crippen molar-refractivity contribution in [1.29, 1.82) is 0 Å². The maximum Gasteiger partial charge on any atom is 0.193 e. The lowest BCUT2D eigenvalue weighted by atomic mass is 10.1. The van der Waals surface area contributed by atoms with Crippen molar-refractivity contribution in [1.82, 2.24) is 20.0 Å². The number of hydrogen-bond donors (Lipinski definition) is 1. The monoisotopic (exact) mass is 513 g/mol. The normalized spacial score (nSPS) is 11.3. The minimum absolute atomic E-state index is 0. The van der Waals surface area contributed by atoms with Gasteiger partial charge in [-0.1, -0.05) is 31.5 Å². The van der Waals surface area contributed by atoms with Crippen LogP contribution in [-0.4, -0.2) is 47.9 Å². The Bertz CT molecular complexity index is 755. The molecule has 0 fully saturated rings. The summed E-state index contributed by atoms with van der Waals surface area (Å²) in [5.74, 6) is 2.25. The van der Waals surface area contributed by atoms with Gasteiger partial charge in [0.1, 0.15) is 5.75 Å². The Balaban J connectivity index is 0.00000420. The van der Waals surface area contributed by atoms with Crippen LogP contribution in [0.25, 0.3) is 0 Å². The van der Waals surface area contributed by atoms with E-state index in [1.165, 1.54) is 11.1 Å². The molecule has 0 radical (unpaired) electrons. The molecule has 2 aromatic rings. The molecule has 0 aliphatic heterocycles. The minimum atomic E-state index is 0. The van der Waals surface area contributed by atoms with Gasteiger partial charge in [0.25, 0.3) is 0 Å². The molecule has 1 N–H and O–H groups in total. The van der Waals surface area contributed by atoms with E-state index in [2.05, 4.69) is 66.5 Å². The SMILES string of the molecule is CN=C(NCCCCOc1ccc(C)cc1)N(C)Cc1cn(C)nc1C(C)C.I. The number of aryl methyl sites for hydroxylation is 2. The number of nitrogens with one attached hydrogen (secondary N) is 1. The summed E-state index contributed by atoms with van der Waals surface area (Å²) in [4.78, 5) is 6.56. The van der Waals surface area contributed by atoms with Gasteiger partial charge in [-0.3, -0.25) is 9.67 Å². The van der Waals surface area contributed by atoms with E-state index < -0.39 is 0 Å². The molecule has 0 unspecified atom stereocenters. The van der Waals surface area contributed by atoms with Crippen molar-refractivity contribution < 1.29 is 4.74 Å². The molecule has 0 spiro atoms. The zero-order chi connectivity index (χ0) is 20.5. The molecule has 0 saturated carbocycles. The van der Waals surface area contributed by atoms with Crippen LogP contribution in [0.5, 0.6) is 5.75 Å². The number of nitrogens with zero attached hydrogens (tertiary/aromatic N) is 4. The number of ether oxygens (including phenoxy) is 1. The van der Waals surface area contributed by atoms with Gasteiger partial charge in [0.05, 0.1) is 12.3 Å². The van der Waals surface area contributed by atoms with Crippen LogP contribution in [-0.2, 0) is 13.6 Å². The second kappa shape index (κ2) is 12.7. The van der Waals surface area contributed by atoms with Gasteiger partial charge in [-0.2, -0.15) is 5.10 Å². The molecule has 0 aliphatic carbocycles. The number of guanidine groups is 1. The number of rotatable bonds is 9. The molecule has 1 aromatic carbocycles. The molecule has 29 heavy (non-hydrogen) atoms. The fraction of sp³-hybridized carbons (Fsp3) is 0.545. The van der Waals surface area contributed by atoms with E-state index in [1.807, 2.05) is 30.9 Å². The van der Waals surface area contributed by atoms with Gasteiger partial charge in [0, 0.05) is 46.0 Å². The summed E-state index contributed by atoms with van der Waals surface area (Å²) < 4.78 is 7.67. The van der Waals surface area contributed by atoms with Crippen LogP contribution in [0.3, 0.4) is 0 Å². The lowest BCUT2D eigenvalue weighted by molar-refractivity contribution is 0.306. The van der Waals surface area contributed by atoms with Crippen LogP contribution >= 0.6 is 24.0 Å². The lowest BCUT2D eigenvalue weighted by Gasteiger charge is -2.22. The quantitative estimate of drug-likeness (QED) is 0.235. The van der Waals surface area contributed by atoms with Gasteiger partial charge in [-0.15, -0.1) is 24.0 Å². The maximum absolute atomic E-state index is 5.78. The van der Waals surface area contributed by atoms with Crippen molar-refractivity contribution in [3.63, 3.8) is 0 Å². The third kappa shape index (κ3) is 8.24. The fourth-order valence-electron chi connectivity index (χ4n) is 3.13. The zero-order valence-electron chi connectivity index (χ0n) is 18.6. The molecule has 7 heteroatoms. The van der Waals surface area contributed by atoms with E-state index in [0.717, 1.165) is 49.9 Å². The number of hydrogen-bond acceptors (Lipinski definition) is 3. The summed E-state index contributed by atoms with van der Waals surface area (Å²) >= 11 is 0. The number of aromatic nitrogens is 2. The number of benzene rings is 1. The lowest BCUT2D eigenvalue weighted by Crippen LogP contribution is -2.39. The van der Waals surface area contributed by atoms with Gasteiger partial charge in [0.15, 0.2) is 5.96 Å². The predicted octanol–water partition coefficient (Wildman–Crippen LogP) is 4.34.